The fourth-order valence-electron chi connectivity index (χ4n) is 1.34. The van der Waals surface area contributed by atoms with Crippen molar-refractivity contribution in [1.82, 2.24) is 0 Å². The lowest BCUT2D eigenvalue weighted by molar-refractivity contribution is 0.458. The summed E-state index contributed by atoms with van der Waals surface area (Å²) in [6.07, 6.45) is 0.304. The number of halogens is 1. The van der Waals surface area contributed by atoms with Crippen LogP contribution in [0.1, 0.15) is 18.1 Å². The van der Waals surface area contributed by atoms with E-state index in [0.717, 1.165) is 6.07 Å². The van der Waals surface area contributed by atoms with Gasteiger partial charge in [-0.05, 0) is 24.1 Å². The molecule has 0 aliphatic carbocycles. The van der Waals surface area contributed by atoms with E-state index in [-0.39, 0.29) is 16.0 Å². The summed E-state index contributed by atoms with van der Waals surface area (Å²) >= 11 is 0. The molecule has 0 spiro atoms. The van der Waals surface area contributed by atoms with Gasteiger partial charge in [0.2, 0.25) is 0 Å². The Kier molecular flexibility index (Phi) is 3.22. The maximum Gasteiger partial charge on any atom is 0.265 e. The Bertz CT molecular complexity index is 531. The van der Waals surface area contributed by atoms with E-state index >= 15 is 0 Å². The van der Waals surface area contributed by atoms with Crippen molar-refractivity contribution in [3.63, 3.8) is 0 Å². The minimum absolute atomic E-state index is 0.203. The summed E-state index contributed by atoms with van der Waals surface area (Å²) in [6, 6.07) is 4.36. The summed E-state index contributed by atoms with van der Waals surface area (Å²) in [5, 5.41) is 18.2. The molecule has 0 aromatic heterocycles. The van der Waals surface area contributed by atoms with Gasteiger partial charge >= 0.3 is 0 Å². The first-order valence-electron chi connectivity index (χ1n) is 4.11. The summed E-state index contributed by atoms with van der Waals surface area (Å²) in [5.74, 6) is -0.430. The van der Waals surface area contributed by atoms with Crippen LogP contribution in [0.15, 0.2) is 17.0 Å². The Morgan fingerprint density at radius 3 is 2.53 bits per heavy atom. The van der Waals surface area contributed by atoms with Crippen molar-refractivity contribution < 1.29 is 13.5 Å². The lowest BCUT2D eigenvalue weighted by Gasteiger charge is -2.08. The van der Waals surface area contributed by atoms with Crippen molar-refractivity contribution in [3.05, 3.63) is 23.3 Å². The van der Waals surface area contributed by atoms with Gasteiger partial charge in [-0.15, -0.1) is 0 Å². The molecule has 15 heavy (non-hydrogen) atoms. The molecule has 1 aromatic carbocycles. The first kappa shape index (κ1) is 11.8. The van der Waals surface area contributed by atoms with E-state index in [1.807, 2.05) is 6.07 Å². The van der Waals surface area contributed by atoms with Crippen molar-refractivity contribution >= 4 is 19.7 Å². The third-order valence-electron chi connectivity index (χ3n) is 1.96. The molecule has 1 rings (SSSR count). The lowest BCUT2D eigenvalue weighted by Crippen LogP contribution is -2.00. The summed E-state index contributed by atoms with van der Waals surface area (Å²) in [5.41, 5.74) is 0.446. The Morgan fingerprint density at radius 1 is 1.53 bits per heavy atom. The highest BCUT2D eigenvalue weighted by atomic mass is 35.7. The van der Waals surface area contributed by atoms with Crippen molar-refractivity contribution in [1.29, 1.82) is 5.26 Å². The molecule has 0 atom stereocenters. The molecule has 0 bridgehead atoms. The Labute approximate surface area is 92.1 Å². The van der Waals surface area contributed by atoms with Crippen molar-refractivity contribution in [2.45, 2.75) is 18.2 Å². The van der Waals surface area contributed by atoms with Crippen LogP contribution in [0.25, 0.3) is 0 Å². The van der Waals surface area contributed by atoms with Gasteiger partial charge < -0.3 is 5.11 Å². The zero-order valence-corrected chi connectivity index (χ0v) is 9.43. The molecule has 0 radical (unpaired) electrons. The number of nitriles is 1. The van der Waals surface area contributed by atoms with E-state index < -0.39 is 14.8 Å². The average Bonchev–Trinajstić information content (AvgIpc) is 2.15. The highest BCUT2D eigenvalue weighted by Crippen LogP contribution is 2.31. The van der Waals surface area contributed by atoms with Crippen molar-refractivity contribution in [2.24, 2.45) is 0 Å². The molecule has 0 unspecified atom stereocenters. The average molecular weight is 246 g/mol. The number of rotatable bonds is 2. The minimum Gasteiger partial charge on any atom is -0.507 e. The van der Waals surface area contributed by atoms with Crippen LogP contribution < -0.4 is 0 Å². The summed E-state index contributed by atoms with van der Waals surface area (Å²) < 4.78 is 22.4. The molecular weight excluding hydrogens is 238 g/mol. The summed E-state index contributed by atoms with van der Waals surface area (Å²) in [6.45, 7) is 1.68. The highest BCUT2D eigenvalue weighted by Gasteiger charge is 2.22. The van der Waals surface area contributed by atoms with E-state index in [1.165, 1.54) is 6.07 Å². The molecular formula is C9H8ClNO3S. The Hall–Kier alpha value is -1.25. The zero-order valence-electron chi connectivity index (χ0n) is 7.86. The van der Waals surface area contributed by atoms with E-state index in [0.29, 0.717) is 6.42 Å². The number of nitrogens with zero attached hydrogens (tertiary/aromatic N) is 1. The monoisotopic (exact) mass is 245 g/mol. The molecule has 0 aliphatic rings. The topological polar surface area (TPSA) is 78.2 Å². The van der Waals surface area contributed by atoms with E-state index in [9.17, 15) is 13.5 Å². The van der Waals surface area contributed by atoms with Crippen molar-refractivity contribution in [2.75, 3.05) is 0 Å². The number of hydrogen-bond acceptors (Lipinski definition) is 4. The van der Waals surface area contributed by atoms with Gasteiger partial charge in [0.25, 0.3) is 9.05 Å². The summed E-state index contributed by atoms with van der Waals surface area (Å²) in [4.78, 5) is -0.370. The second-order valence-corrected chi connectivity index (χ2v) is 5.35. The first-order chi connectivity index (χ1) is 6.91. The highest BCUT2D eigenvalue weighted by molar-refractivity contribution is 8.13. The molecule has 0 heterocycles. The molecule has 0 saturated carbocycles. The van der Waals surface area contributed by atoms with Gasteiger partial charge in [0.05, 0.1) is 11.6 Å². The fourth-order valence-corrected chi connectivity index (χ4v) is 2.73. The fraction of sp³-hybridized carbons (Fsp3) is 0.222. The Balaban J connectivity index is 3.71. The van der Waals surface area contributed by atoms with Crippen LogP contribution in [-0.2, 0) is 15.5 Å². The molecule has 0 aliphatic heterocycles. The van der Waals surface area contributed by atoms with E-state index in [2.05, 4.69) is 0 Å². The lowest BCUT2D eigenvalue weighted by atomic mass is 10.1. The Morgan fingerprint density at radius 2 is 2.13 bits per heavy atom. The molecule has 4 nitrogen and oxygen atoms in total. The van der Waals surface area contributed by atoms with E-state index in [4.69, 9.17) is 15.9 Å². The second kappa shape index (κ2) is 4.09. The van der Waals surface area contributed by atoms with Gasteiger partial charge in [-0.25, -0.2) is 8.42 Å². The van der Waals surface area contributed by atoms with Gasteiger partial charge in [0.1, 0.15) is 10.6 Å². The number of benzene rings is 1. The van der Waals surface area contributed by atoms with Crippen molar-refractivity contribution in [3.8, 4) is 11.8 Å². The van der Waals surface area contributed by atoms with Crippen LogP contribution in [0.2, 0.25) is 0 Å². The molecule has 0 saturated heterocycles. The zero-order chi connectivity index (χ0) is 11.6. The van der Waals surface area contributed by atoms with Crippen LogP contribution in [0.4, 0.5) is 0 Å². The molecule has 6 heteroatoms. The normalized spacial score (nSPS) is 11.0. The summed E-state index contributed by atoms with van der Waals surface area (Å²) in [7, 11) is 1.14. The maximum atomic E-state index is 11.2. The van der Waals surface area contributed by atoms with Crippen LogP contribution in [0.3, 0.4) is 0 Å². The van der Waals surface area contributed by atoms with Gasteiger partial charge in [0.15, 0.2) is 0 Å². The van der Waals surface area contributed by atoms with Crippen LogP contribution in [-0.4, -0.2) is 13.5 Å². The number of hydrogen-bond donors (Lipinski definition) is 1. The quantitative estimate of drug-likeness (QED) is 0.806. The van der Waals surface area contributed by atoms with Gasteiger partial charge in [0, 0.05) is 10.7 Å². The molecule has 1 aromatic rings. The third kappa shape index (κ3) is 2.22. The smallest absolute Gasteiger partial charge is 0.265 e. The van der Waals surface area contributed by atoms with Crippen LogP contribution in [0.5, 0.6) is 5.75 Å². The predicted molar refractivity (Wildman–Crippen MR) is 55.2 cm³/mol. The van der Waals surface area contributed by atoms with Gasteiger partial charge in [-0.2, -0.15) is 5.26 Å². The molecule has 0 amide bonds. The predicted octanol–water partition coefficient (Wildman–Crippen LogP) is 1.75. The standard InChI is InChI=1S/C9H8ClNO3S/c1-2-7-6(5-11)3-4-8(12)9(7)15(10,13)14/h3-4,12H,2H2,1H3. The van der Waals surface area contributed by atoms with E-state index in [1.54, 1.807) is 6.92 Å². The molecule has 0 fully saturated rings. The largest absolute Gasteiger partial charge is 0.507 e. The van der Waals surface area contributed by atoms with Gasteiger partial charge in [-0.3, -0.25) is 0 Å². The third-order valence-corrected chi connectivity index (χ3v) is 3.36. The first-order valence-corrected chi connectivity index (χ1v) is 6.42. The number of phenols is 1. The number of aromatic hydroxyl groups is 1. The number of phenolic OH excluding ortho intramolecular Hbond substituents is 1. The van der Waals surface area contributed by atoms with Crippen LogP contribution in [0, 0.1) is 11.3 Å². The minimum atomic E-state index is -4.04. The molecule has 1 N–H and O–H groups in total. The van der Waals surface area contributed by atoms with Gasteiger partial charge in [-0.1, -0.05) is 6.92 Å². The maximum absolute atomic E-state index is 11.2. The molecule has 80 valence electrons. The van der Waals surface area contributed by atoms with Crippen LogP contribution >= 0.6 is 10.7 Å². The second-order valence-electron chi connectivity index (χ2n) is 2.84. The SMILES string of the molecule is CCc1c(C#N)ccc(O)c1S(=O)(=O)Cl.